The summed E-state index contributed by atoms with van der Waals surface area (Å²) in [5.74, 6) is 1.40. The molecule has 3 aromatic rings. The smallest absolute Gasteiger partial charge is 0.0140 e. The Morgan fingerprint density at radius 2 is 1.18 bits per heavy atom. The highest BCUT2D eigenvalue weighted by Gasteiger charge is 2.36. The van der Waals surface area contributed by atoms with Gasteiger partial charge in [-0.25, -0.2) is 0 Å². The van der Waals surface area contributed by atoms with E-state index < -0.39 is 0 Å². The van der Waals surface area contributed by atoms with Crippen LogP contribution in [0.1, 0.15) is 26.3 Å². The van der Waals surface area contributed by atoms with Crippen LogP contribution in [-0.4, -0.2) is 0 Å². The average molecular weight is 517 g/mol. The molecule has 40 heavy (non-hydrogen) atoms. The summed E-state index contributed by atoms with van der Waals surface area (Å²) >= 11 is 0. The minimum absolute atomic E-state index is 0.0825. The van der Waals surface area contributed by atoms with Gasteiger partial charge in [-0.15, -0.1) is 0 Å². The summed E-state index contributed by atoms with van der Waals surface area (Å²) in [5, 5.41) is 2.72. The van der Waals surface area contributed by atoms with Crippen LogP contribution < -0.4 is 10.4 Å². The average Bonchev–Trinajstić information content (AvgIpc) is 2.99. The maximum absolute atomic E-state index is 2.58. The first-order valence-corrected chi connectivity index (χ1v) is 14.6. The van der Waals surface area contributed by atoms with E-state index in [0.717, 1.165) is 0 Å². The molecule has 0 amide bonds. The normalized spacial score (nSPS) is 24.7. The third-order valence-corrected chi connectivity index (χ3v) is 8.97. The topological polar surface area (TPSA) is 0 Å². The molecule has 0 aromatic heterocycles. The highest BCUT2D eigenvalue weighted by atomic mass is 14.4. The van der Waals surface area contributed by atoms with Gasteiger partial charge in [0.25, 0.3) is 0 Å². The molecular weight excluding hydrogens is 480 g/mol. The van der Waals surface area contributed by atoms with Crippen molar-refractivity contribution in [2.75, 3.05) is 0 Å². The Labute approximate surface area is 238 Å². The Bertz CT molecular complexity index is 1780. The predicted octanol–water partition coefficient (Wildman–Crippen LogP) is 8.35. The van der Waals surface area contributed by atoms with Crippen LogP contribution in [0.3, 0.4) is 0 Å². The molecule has 4 atom stereocenters. The van der Waals surface area contributed by atoms with Crippen molar-refractivity contribution in [1.29, 1.82) is 0 Å². The third kappa shape index (κ3) is 4.23. The van der Waals surface area contributed by atoms with E-state index in [4.69, 9.17) is 0 Å². The summed E-state index contributed by atoms with van der Waals surface area (Å²) in [6, 6.07) is 29.0. The number of fused-ring (bicyclic) bond motifs is 3. The molecule has 4 aliphatic rings. The van der Waals surface area contributed by atoms with Gasteiger partial charge < -0.3 is 0 Å². The Kier molecular flexibility index (Phi) is 6.08. The number of rotatable bonds is 3. The summed E-state index contributed by atoms with van der Waals surface area (Å²) in [5.41, 5.74) is 9.67. The number of hydrogen-bond acceptors (Lipinski definition) is 0. The molecule has 3 aromatic carbocycles. The maximum Gasteiger partial charge on any atom is 0.0140 e. The monoisotopic (exact) mass is 516 g/mol. The SMILES string of the molecule is CC(C)(C)C1=CC2C(c3ccccc3-c3ccccc3)=c3ccccc3=C(C3=CC4C=CC=CC4C=C3)C2C=C1. The molecule has 0 fully saturated rings. The van der Waals surface area contributed by atoms with E-state index in [1.54, 1.807) is 0 Å². The van der Waals surface area contributed by atoms with Gasteiger partial charge in [-0.1, -0.05) is 160 Å². The van der Waals surface area contributed by atoms with E-state index in [1.165, 1.54) is 49.4 Å². The Morgan fingerprint density at radius 3 is 1.93 bits per heavy atom. The van der Waals surface area contributed by atoms with Gasteiger partial charge in [-0.3, -0.25) is 0 Å². The van der Waals surface area contributed by atoms with E-state index in [0.29, 0.717) is 11.8 Å². The zero-order chi connectivity index (χ0) is 27.3. The minimum atomic E-state index is 0.0825. The van der Waals surface area contributed by atoms with Crippen molar-refractivity contribution in [1.82, 2.24) is 0 Å². The molecule has 0 aliphatic heterocycles. The highest BCUT2D eigenvalue weighted by molar-refractivity contribution is 5.88. The third-order valence-electron chi connectivity index (χ3n) is 8.97. The molecule has 7 rings (SSSR count). The summed E-state index contributed by atoms with van der Waals surface area (Å²) in [6.45, 7) is 6.99. The molecule has 0 bridgehead atoms. The van der Waals surface area contributed by atoms with Gasteiger partial charge >= 0.3 is 0 Å². The highest BCUT2D eigenvalue weighted by Crippen LogP contribution is 2.47. The summed E-state index contributed by atoms with van der Waals surface area (Å²) in [6.07, 6.45) is 23.8. The fourth-order valence-electron chi connectivity index (χ4n) is 6.95. The standard InChI is InChI=1S/C40H36/c1-40(2,3)31-23-24-36-37(26-31)39(33-18-10-9-17-32(33)28-14-5-4-6-15-28)35-20-12-11-19-34(35)38(36)30-22-21-27-13-7-8-16-29(27)25-30/h4-27,29,36-37H,1-3H3. The molecule has 0 heterocycles. The van der Waals surface area contributed by atoms with E-state index in [9.17, 15) is 0 Å². The van der Waals surface area contributed by atoms with Gasteiger partial charge in [0.05, 0.1) is 0 Å². The lowest BCUT2D eigenvalue weighted by atomic mass is 9.65. The molecule has 0 spiro atoms. The quantitative estimate of drug-likeness (QED) is 0.328. The van der Waals surface area contributed by atoms with Crippen molar-refractivity contribution >= 4 is 11.1 Å². The van der Waals surface area contributed by atoms with Crippen LogP contribution in [0.5, 0.6) is 0 Å². The molecule has 196 valence electrons. The van der Waals surface area contributed by atoms with E-state index in [-0.39, 0.29) is 17.3 Å². The molecule has 0 nitrogen and oxygen atoms in total. The first-order chi connectivity index (χ1) is 19.5. The first-order valence-electron chi connectivity index (χ1n) is 14.6. The van der Waals surface area contributed by atoms with Crippen LogP contribution in [0.4, 0.5) is 0 Å². The molecule has 0 radical (unpaired) electrons. The van der Waals surface area contributed by atoms with Gasteiger partial charge in [-0.2, -0.15) is 0 Å². The second-order valence-electron chi connectivity index (χ2n) is 12.5. The molecule has 0 N–H and O–H groups in total. The van der Waals surface area contributed by atoms with Gasteiger partial charge in [0.1, 0.15) is 0 Å². The second-order valence-corrected chi connectivity index (χ2v) is 12.5. The fraction of sp³-hybridized carbons (Fsp3) is 0.200. The van der Waals surface area contributed by atoms with Crippen molar-refractivity contribution in [3.05, 3.63) is 167 Å². The molecule has 4 aliphatic carbocycles. The molecule has 4 unspecified atom stereocenters. The number of benzene rings is 3. The lowest BCUT2D eigenvalue weighted by Gasteiger charge is -2.38. The van der Waals surface area contributed by atoms with Crippen molar-refractivity contribution in [3.8, 4) is 11.1 Å². The van der Waals surface area contributed by atoms with Gasteiger partial charge in [0.2, 0.25) is 0 Å². The number of hydrogen-bond donors (Lipinski definition) is 0. The van der Waals surface area contributed by atoms with Crippen molar-refractivity contribution in [2.24, 2.45) is 29.1 Å². The molecular formula is C40H36. The summed E-state index contributed by atoms with van der Waals surface area (Å²) < 4.78 is 0. The Hall–Kier alpha value is -4.16. The van der Waals surface area contributed by atoms with E-state index >= 15 is 0 Å². The first kappa shape index (κ1) is 24.9. The predicted molar refractivity (Wildman–Crippen MR) is 170 cm³/mol. The zero-order valence-electron chi connectivity index (χ0n) is 23.6. The lowest BCUT2D eigenvalue weighted by Crippen LogP contribution is -2.41. The lowest BCUT2D eigenvalue weighted by molar-refractivity contribution is 0.502. The zero-order valence-corrected chi connectivity index (χ0v) is 23.6. The van der Waals surface area contributed by atoms with Gasteiger partial charge in [-0.05, 0) is 54.8 Å². The molecule has 0 saturated heterocycles. The van der Waals surface area contributed by atoms with Crippen molar-refractivity contribution < 1.29 is 0 Å². The Balaban J connectivity index is 1.54. The minimum Gasteiger partial charge on any atom is -0.0767 e. The largest absolute Gasteiger partial charge is 0.0767 e. The van der Waals surface area contributed by atoms with E-state index in [1.807, 2.05) is 0 Å². The molecule has 0 heteroatoms. The molecule has 0 saturated carbocycles. The van der Waals surface area contributed by atoms with Crippen LogP contribution in [0.25, 0.3) is 22.3 Å². The van der Waals surface area contributed by atoms with Crippen LogP contribution >= 0.6 is 0 Å². The van der Waals surface area contributed by atoms with Gasteiger partial charge in [0.15, 0.2) is 0 Å². The van der Waals surface area contributed by atoms with Crippen molar-refractivity contribution in [2.45, 2.75) is 20.8 Å². The van der Waals surface area contributed by atoms with Crippen LogP contribution in [0, 0.1) is 29.1 Å². The van der Waals surface area contributed by atoms with Crippen LogP contribution in [0.2, 0.25) is 0 Å². The summed E-state index contributed by atoms with van der Waals surface area (Å²) in [7, 11) is 0. The second kappa shape index (κ2) is 9.79. The van der Waals surface area contributed by atoms with Crippen molar-refractivity contribution in [3.63, 3.8) is 0 Å². The Morgan fingerprint density at radius 1 is 0.525 bits per heavy atom. The van der Waals surface area contributed by atoms with Gasteiger partial charge in [0, 0.05) is 23.7 Å². The van der Waals surface area contributed by atoms with E-state index in [2.05, 4.69) is 160 Å². The maximum atomic E-state index is 2.58. The van der Waals surface area contributed by atoms with Crippen LogP contribution in [-0.2, 0) is 0 Å². The summed E-state index contributed by atoms with van der Waals surface area (Å²) in [4.78, 5) is 0. The fourth-order valence-corrected chi connectivity index (χ4v) is 6.95. The van der Waals surface area contributed by atoms with Crippen LogP contribution in [0.15, 0.2) is 151 Å². The number of allylic oxidation sites excluding steroid dienone is 12.